The fourth-order valence-electron chi connectivity index (χ4n) is 1.43. The summed E-state index contributed by atoms with van der Waals surface area (Å²) in [6, 6.07) is 7.61. The SMILES string of the molecule is C[C@@H]1CN(c2cccc(Cl)c2)N=C1N. The van der Waals surface area contributed by atoms with Gasteiger partial charge in [-0.25, -0.2) is 0 Å². The van der Waals surface area contributed by atoms with Crippen molar-refractivity contribution in [3.05, 3.63) is 29.3 Å². The van der Waals surface area contributed by atoms with Crippen LogP contribution in [0.2, 0.25) is 5.02 Å². The van der Waals surface area contributed by atoms with Crippen molar-refractivity contribution >= 4 is 23.1 Å². The second kappa shape index (κ2) is 3.50. The number of halogens is 1. The van der Waals surface area contributed by atoms with Crippen molar-refractivity contribution in [1.82, 2.24) is 0 Å². The molecule has 1 heterocycles. The summed E-state index contributed by atoms with van der Waals surface area (Å²) >= 11 is 5.89. The summed E-state index contributed by atoms with van der Waals surface area (Å²) in [6.07, 6.45) is 0. The number of anilines is 1. The van der Waals surface area contributed by atoms with Crippen LogP contribution >= 0.6 is 11.6 Å². The highest BCUT2D eigenvalue weighted by Gasteiger charge is 2.20. The third kappa shape index (κ3) is 1.68. The highest BCUT2D eigenvalue weighted by atomic mass is 35.5. The Morgan fingerprint density at radius 3 is 2.93 bits per heavy atom. The van der Waals surface area contributed by atoms with Gasteiger partial charge in [0.25, 0.3) is 0 Å². The molecule has 0 aromatic heterocycles. The lowest BCUT2D eigenvalue weighted by Crippen LogP contribution is -2.20. The van der Waals surface area contributed by atoms with Gasteiger partial charge in [-0.2, -0.15) is 5.10 Å². The van der Waals surface area contributed by atoms with Gasteiger partial charge < -0.3 is 5.73 Å². The molecule has 1 aliphatic rings. The zero-order valence-corrected chi connectivity index (χ0v) is 8.70. The Balaban J connectivity index is 2.26. The number of amidine groups is 1. The van der Waals surface area contributed by atoms with Crippen molar-refractivity contribution < 1.29 is 0 Å². The van der Waals surface area contributed by atoms with Crippen LogP contribution < -0.4 is 10.7 Å². The Kier molecular flexibility index (Phi) is 2.33. The van der Waals surface area contributed by atoms with Crippen molar-refractivity contribution in [2.75, 3.05) is 11.6 Å². The van der Waals surface area contributed by atoms with E-state index in [2.05, 4.69) is 12.0 Å². The first kappa shape index (κ1) is 9.34. The lowest BCUT2D eigenvalue weighted by Gasteiger charge is -2.14. The molecule has 1 aliphatic heterocycles. The third-order valence-electron chi connectivity index (χ3n) is 2.29. The summed E-state index contributed by atoms with van der Waals surface area (Å²) in [5, 5.41) is 6.85. The van der Waals surface area contributed by atoms with Crippen molar-refractivity contribution in [3.63, 3.8) is 0 Å². The standard InChI is InChI=1S/C10H12ClN3/c1-7-6-14(13-10(7)12)9-4-2-3-8(11)5-9/h2-5,7H,6H2,1H3,(H2,12,13)/t7-/m1/s1. The average Bonchev–Trinajstić information content (AvgIpc) is 2.47. The second-order valence-electron chi connectivity index (χ2n) is 3.49. The van der Waals surface area contributed by atoms with E-state index in [-0.39, 0.29) is 0 Å². The van der Waals surface area contributed by atoms with Crippen LogP contribution in [0, 0.1) is 5.92 Å². The Morgan fingerprint density at radius 2 is 2.36 bits per heavy atom. The van der Waals surface area contributed by atoms with E-state index >= 15 is 0 Å². The third-order valence-corrected chi connectivity index (χ3v) is 2.53. The molecule has 0 unspecified atom stereocenters. The summed E-state index contributed by atoms with van der Waals surface area (Å²) < 4.78 is 0. The van der Waals surface area contributed by atoms with Crippen LogP contribution in [0.25, 0.3) is 0 Å². The normalized spacial score (nSPS) is 21.1. The van der Waals surface area contributed by atoms with Crippen LogP contribution in [0.15, 0.2) is 29.4 Å². The molecule has 1 atom stereocenters. The number of nitrogens with zero attached hydrogens (tertiary/aromatic N) is 2. The van der Waals surface area contributed by atoms with E-state index in [4.69, 9.17) is 17.3 Å². The molecule has 0 saturated carbocycles. The molecule has 0 saturated heterocycles. The molecule has 0 spiro atoms. The van der Waals surface area contributed by atoms with Gasteiger partial charge >= 0.3 is 0 Å². The predicted molar refractivity (Wildman–Crippen MR) is 59.6 cm³/mol. The molecular formula is C10H12ClN3. The first-order valence-electron chi connectivity index (χ1n) is 4.54. The summed E-state index contributed by atoms with van der Waals surface area (Å²) in [5.74, 6) is 0.999. The van der Waals surface area contributed by atoms with E-state index in [1.165, 1.54) is 0 Å². The zero-order valence-electron chi connectivity index (χ0n) is 7.94. The Bertz CT molecular complexity index is 375. The number of hydrogen-bond acceptors (Lipinski definition) is 3. The predicted octanol–water partition coefficient (Wildman–Crippen LogP) is 2.07. The van der Waals surface area contributed by atoms with Gasteiger partial charge in [0.2, 0.25) is 0 Å². The maximum Gasteiger partial charge on any atom is 0.124 e. The van der Waals surface area contributed by atoms with Gasteiger partial charge in [0, 0.05) is 10.9 Å². The summed E-state index contributed by atoms with van der Waals surface area (Å²) in [7, 11) is 0. The second-order valence-corrected chi connectivity index (χ2v) is 3.92. The van der Waals surface area contributed by atoms with Gasteiger partial charge in [0.1, 0.15) is 5.84 Å². The number of hydrazone groups is 1. The molecule has 1 aromatic carbocycles. The van der Waals surface area contributed by atoms with Gasteiger partial charge in [-0.05, 0) is 18.2 Å². The molecule has 4 heteroatoms. The number of hydrogen-bond donors (Lipinski definition) is 1. The van der Waals surface area contributed by atoms with Crippen LogP contribution in [0.5, 0.6) is 0 Å². The molecule has 1 aromatic rings. The number of nitrogens with two attached hydrogens (primary N) is 1. The van der Waals surface area contributed by atoms with E-state index < -0.39 is 0 Å². The van der Waals surface area contributed by atoms with E-state index in [1.807, 2.05) is 29.3 Å². The Hall–Kier alpha value is -1.22. The van der Waals surface area contributed by atoms with Crippen LogP contribution in [0.1, 0.15) is 6.92 Å². The van der Waals surface area contributed by atoms with E-state index in [1.54, 1.807) is 0 Å². The lowest BCUT2D eigenvalue weighted by molar-refractivity contribution is 0.773. The molecule has 0 radical (unpaired) electrons. The van der Waals surface area contributed by atoms with E-state index in [9.17, 15) is 0 Å². The molecule has 0 amide bonds. The molecule has 0 aliphatic carbocycles. The van der Waals surface area contributed by atoms with E-state index in [0.717, 1.165) is 17.3 Å². The molecule has 3 nitrogen and oxygen atoms in total. The first-order valence-corrected chi connectivity index (χ1v) is 4.91. The Morgan fingerprint density at radius 1 is 1.57 bits per heavy atom. The average molecular weight is 210 g/mol. The summed E-state index contributed by atoms with van der Waals surface area (Å²) in [5.41, 5.74) is 6.71. The molecular weight excluding hydrogens is 198 g/mol. The van der Waals surface area contributed by atoms with Crippen molar-refractivity contribution in [2.45, 2.75) is 6.92 Å². The van der Waals surface area contributed by atoms with Gasteiger partial charge in [0.05, 0.1) is 12.2 Å². The van der Waals surface area contributed by atoms with Crippen molar-refractivity contribution in [3.8, 4) is 0 Å². The lowest BCUT2D eigenvalue weighted by atomic mass is 10.2. The topological polar surface area (TPSA) is 41.6 Å². The highest BCUT2D eigenvalue weighted by molar-refractivity contribution is 6.30. The van der Waals surface area contributed by atoms with Gasteiger partial charge in [0.15, 0.2) is 0 Å². The molecule has 0 bridgehead atoms. The smallest absolute Gasteiger partial charge is 0.124 e. The maximum absolute atomic E-state index is 5.89. The van der Waals surface area contributed by atoms with Crippen LogP contribution in [-0.2, 0) is 0 Å². The monoisotopic (exact) mass is 209 g/mol. The first-order chi connectivity index (χ1) is 6.66. The van der Waals surface area contributed by atoms with Crippen LogP contribution in [-0.4, -0.2) is 12.4 Å². The Labute approximate surface area is 88.2 Å². The van der Waals surface area contributed by atoms with E-state index in [0.29, 0.717) is 11.8 Å². The van der Waals surface area contributed by atoms with Gasteiger partial charge in [-0.3, -0.25) is 5.01 Å². The molecule has 14 heavy (non-hydrogen) atoms. The van der Waals surface area contributed by atoms with Gasteiger partial charge in [-0.15, -0.1) is 0 Å². The van der Waals surface area contributed by atoms with Gasteiger partial charge in [-0.1, -0.05) is 24.6 Å². The summed E-state index contributed by atoms with van der Waals surface area (Å²) in [4.78, 5) is 0. The number of benzene rings is 1. The minimum Gasteiger partial charge on any atom is -0.385 e. The minimum absolute atomic E-state index is 0.314. The van der Waals surface area contributed by atoms with Crippen LogP contribution in [0.4, 0.5) is 5.69 Å². The van der Waals surface area contributed by atoms with Crippen LogP contribution in [0.3, 0.4) is 0 Å². The molecule has 0 fully saturated rings. The minimum atomic E-state index is 0.314. The molecule has 2 N–H and O–H groups in total. The molecule has 74 valence electrons. The fraction of sp³-hybridized carbons (Fsp3) is 0.300. The molecule has 2 rings (SSSR count). The largest absolute Gasteiger partial charge is 0.385 e. The fourth-order valence-corrected chi connectivity index (χ4v) is 1.62. The van der Waals surface area contributed by atoms with Crippen molar-refractivity contribution in [1.29, 1.82) is 0 Å². The maximum atomic E-state index is 5.89. The van der Waals surface area contributed by atoms with Crippen molar-refractivity contribution in [2.24, 2.45) is 16.8 Å². The summed E-state index contributed by atoms with van der Waals surface area (Å²) in [6.45, 7) is 2.88. The quantitative estimate of drug-likeness (QED) is 0.770. The zero-order chi connectivity index (χ0) is 10.1. The number of rotatable bonds is 1. The highest BCUT2D eigenvalue weighted by Crippen LogP contribution is 2.23.